The molecule has 0 aliphatic rings. The Labute approximate surface area is 142 Å². The molecule has 1 heterocycles. The Morgan fingerprint density at radius 3 is 2.72 bits per heavy atom. The van der Waals surface area contributed by atoms with Gasteiger partial charge in [-0.1, -0.05) is 12.1 Å². The minimum Gasteiger partial charge on any atom is -0.310 e. The SMILES string of the molecule is CC(CC(=O)Nc1ccccn1)=NNC(=O)c1cccc([N+](=O)[O-])c1. The van der Waals surface area contributed by atoms with Gasteiger partial charge in [-0.05, 0) is 25.1 Å². The molecule has 2 N–H and O–H groups in total. The molecule has 2 aromatic rings. The third-order valence-electron chi connectivity index (χ3n) is 3.02. The van der Waals surface area contributed by atoms with Crippen molar-refractivity contribution >= 4 is 29.0 Å². The van der Waals surface area contributed by atoms with Crippen LogP contribution < -0.4 is 10.7 Å². The highest BCUT2D eigenvalue weighted by Crippen LogP contribution is 2.12. The van der Waals surface area contributed by atoms with Gasteiger partial charge < -0.3 is 5.32 Å². The van der Waals surface area contributed by atoms with E-state index in [0.717, 1.165) is 6.07 Å². The standard InChI is InChI=1S/C16H15N5O4/c1-11(9-15(22)18-14-7-2-3-8-17-14)19-20-16(23)12-5-4-6-13(10-12)21(24)25/h2-8,10H,9H2,1H3,(H,20,23)(H,17,18,22). The Bertz CT molecular complexity index is 820. The summed E-state index contributed by atoms with van der Waals surface area (Å²) < 4.78 is 0. The number of hydrazone groups is 1. The lowest BCUT2D eigenvalue weighted by atomic mass is 10.2. The van der Waals surface area contributed by atoms with E-state index < -0.39 is 10.8 Å². The number of hydrogen-bond donors (Lipinski definition) is 2. The molecular formula is C16H15N5O4. The van der Waals surface area contributed by atoms with E-state index in [-0.39, 0.29) is 23.6 Å². The third-order valence-corrected chi connectivity index (χ3v) is 3.02. The van der Waals surface area contributed by atoms with Crippen molar-refractivity contribution < 1.29 is 14.5 Å². The minimum absolute atomic E-state index is 0.0359. The molecule has 0 bridgehead atoms. The molecule has 0 spiro atoms. The van der Waals surface area contributed by atoms with Crippen LogP contribution in [0.5, 0.6) is 0 Å². The number of benzene rings is 1. The average molecular weight is 341 g/mol. The summed E-state index contributed by atoms with van der Waals surface area (Å²) in [7, 11) is 0. The van der Waals surface area contributed by atoms with E-state index in [1.165, 1.54) is 18.2 Å². The molecule has 0 fully saturated rings. The fraction of sp³-hybridized carbons (Fsp3) is 0.125. The molecule has 0 aliphatic carbocycles. The molecule has 9 heteroatoms. The van der Waals surface area contributed by atoms with E-state index in [2.05, 4.69) is 20.8 Å². The lowest BCUT2D eigenvalue weighted by Gasteiger charge is -2.04. The maximum Gasteiger partial charge on any atom is 0.271 e. The van der Waals surface area contributed by atoms with Crippen LogP contribution in [0.2, 0.25) is 0 Å². The van der Waals surface area contributed by atoms with Crippen LogP contribution in [0.1, 0.15) is 23.7 Å². The van der Waals surface area contributed by atoms with E-state index in [9.17, 15) is 19.7 Å². The lowest BCUT2D eigenvalue weighted by molar-refractivity contribution is -0.384. The first-order chi connectivity index (χ1) is 12.0. The lowest BCUT2D eigenvalue weighted by Crippen LogP contribution is -2.21. The van der Waals surface area contributed by atoms with Gasteiger partial charge in [0.05, 0.1) is 11.3 Å². The van der Waals surface area contributed by atoms with Gasteiger partial charge in [0.15, 0.2) is 0 Å². The van der Waals surface area contributed by atoms with Gasteiger partial charge in [-0.15, -0.1) is 0 Å². The number of nitro groups is 1. The number of nitrogens with one attached hydrogen (secondary N) is 2. The molecular weight excluding hydrogens is 326 g/mol. The predicted molar refractivity (Wildman–Crippen MR) is 91.2 cm³/mol. The van der Waals surface area contributed by atoms with E-state index >= 15 is 0 Å². The number of non-ortho nitro benzene ring substituents is 1. The zero-order valence-corrected chi connectivity index (χ0v) is 13.3. The van der Waals surface area contributed by atoms with Crippen molar-refractivity contribution in [3.05, 3.63) is 64.3 Å². The molecule has 0 atom stereocenters. The molecule has 2 rings (SSSR count). The van der Waals surface area contributed by atoms with Crippen LogP contribution >= 0.6 is 0 Å². The molecule has 9 nitrogen and oxygen atoms in total. The molecule has 0 radical (unpaired) electrons. The summed E-state index contributed by atoms with van der Waals surface area (Å²) in [4.78, 5) is 37.9. The molecule has 2 amide bonds. The van der Waals surface area contributed by atoms with Crippen molar-refractivity contribution in [2.45, 2.75) is 13.3 Å². The second-order valence-corrected chi connectivity index (χ2v) is 5.04. The van der Waals surface area contributed by atoms with E-state index in [1.54, 1.807) is 31.3 Å². The van der Waals surface area contributed by atoms with E-state index in [1.807, 2.05) is 0 Å². The molecule has 25 heavy (non-hydrogen) atoms. The summed E-state index contributed by atoms with van der Waals surface area (Å²) in [5.74, 6) is -0.515. The molecule has 128 valence electrons. The van der Waals surface area contributed by atoms with E-state index in [4.69, 9.17) is 0 Å². The Morgan fingerprint density at radius 2 is 2.04 bits per heavy atom. The third kappa shape index (κ3) is 5.50. The van der Waals surface area contributed by atoms with Gasteiger partial charge in [0.2, 0.25) is 5.91 Å². The summed E-state index contributed by atoms with van der Waals surface area (Å²) in [5, 5.41) is 17.1. The first-order valence-corrected chi connectivity index (χ1v) is 7.24. The topological polar surface area (TPSA) is 127 Å². The first kappa shape index (κ1) is 17.7. The van der Waals surface area contributed by atoms with Crippen molar-refractivity contribution in [3.63, 3.8) is 0 Å². The number of carbonyl (C=O) groups excluding carboxylic acids is 2. The number of rotatable bonds is 6. The van der Waals surface area contributed by atoms with E-state index in [0.29, 0.717) is 11.5 Å². The normalized spacial score (nSPS) is 10.8. The fourth-order valence-corrected chi connectivity index (χ4v) is 1.87. The number of nitrogens with zero attached hydrogens (tertiary/aromatic N) is 3. The van der Waals surface area contributed by atoms with Gasteiger partial charge in [0.25, 0.3) is 11.6 Å². The summed E-state index contributed by atoms with van der Waals surface area (Å²) in [5.41, 5.74) is 2.54. The van der Waals surface area contributed by atoms with Gasteiger partial charge in [-0.25, -0.2) is 10.4 Å². The van der Waals surface area contributed by atoms with Crippen LogP contribution in [0, 0.1) is 10.1 Å². The number of pyridine rings is 1. The van der Waals surface area contributed by atoms with Crippen molar-refractivity contribution in [2.75, 3.05) is 5.32 Å². The number of hydrogen-bond acceptors (Lipinski definition) is 6. The number of aromatic nitrogens is 1. The smallest absolute Gasteiger partial charge is 0.271 e. The second kappa shape index (κ2) is 8.29. The summed E-state index contributed by atoms with van der Waals surface area (Å²) in [6.07, 6.45) is 1.52. The second-order valence-electron chi connectivity index (χ2n) is 5.04. The van der Waals surface area contributed by atoms with Gasteiger partial charge in [0.1, 0.15) is 5.82 Å². The molecule has 0 aliphatic heterocycles. The molecule has 1 aromatic heterocycles. The predicted octanol–water partition coefficient (Wildman–Crippen LogP) is 2.12. The monoisotopic (exact) mass is 341 g/mol. The van der Waals surface area contributed by atoms with Gasteiger partial charge in [0, 0.05) is 29.6 Å². The number of anilines is 1. The van der Waals surface area contributed by atoms with Crippen molar-refractivity contribution in [2.24, 2.45) is 5.10 Å². The maximum atomic E-state index is 11.9. The highest BCUT2D eigenvalue weighted by Gasteiger charge is 2.11. The maximum absolute atomic E-state index is 11.9. The summed E-state index contributed by atoms with van der Waals surface area (Å²) in [6, 6.07) is 10.4. The number of nitro benzene ring substituents is 1. The van der Waals surface area contributed by atoms with Gasteiger partial charge in [-0.2, -0.15) is 5.10 Å². The molecule has 0 saturated carbocycles. The van der Waals surface area contributed by atoms with Crippen LogP contribution in [0.25, 0.3) is 0 Å². The quantitative estimate of drug-likeness (QED) is 0.473. The Morgan fingerprint density at radius 1 is 1.24 bits per heavy atom. The van der Waals surface area contributed by atoms with Gasteiger partial charge in [-0.3, -0.25) is 19.7 Å². The highest BCUT2D eigenvalue weighted by atomic mass is 16.6. The summed E-state index contributed by atoms with van der Waals surface area (Å²) in [6.45, 7) is 1.58. The number of amides is 2. The Balaban J connectivity index is 1.92. The highest BCUT2D eigenvalue weighted by molar-refractivity contribution is 6.05. The molecule has 0 unspecified atom stereocenters. The summed E-state index contributed by atoms with van der Waals surface area (Å²) >= 11 is 0. The molecule has 1 aromatic carbocycles. The van der Waals surface area contributed by atoms with Crippen molar-refractivity contribution in [3.8, 4) is 0 Å². The van der Waals surface area contributed by atoms with Crippen LogP contribution in [0.3, 0.4) is 0 Å². The first-order valence-electron chi connectivity index (χ1n) is 7.24. The molecule has 0 saturated heterocycles. The number of carbonyl (C=O) groups is 2. The van der Waals surface area contributed by atoms with Crippen molar-refractivity contribution in [1.82, 2.24) is 10.4 Å². The Hall–Kier alpha value is -3.62. The fourth-order valence-electron chi connectivity index (χ4n) is 1.87. The van der Waals surface area contributed by atoms with Crippen molar-refractivity contribution in [1.29, 1.82) is 0 Å². The van der Waals surface area contributed by atoms with Crippen LogP contribution in [0.4, 0.5) is 11.5 Å². The van der Waals surface area contributed by atoms with Crippen LogP contribution in [-0.2, 0) is 4.79 Å². The van der Waals surface area contributed by atoms with Gasteiger partial charge >= 0.3 is 0 Å². The van der Waals surface area contributed by atoms with Crippen LogP contribution in [0.15, 0.2) is 53.8 Å². The largest absolute Gasteiger partial charge is 0.310 e. The minimum atomic E-state index is -0.604. The zero-order chi connectivity index (χ0) is 18.2. The average Bonchev–Trinajstić information content (AvgIpc) is 2.60. The zero-order valence-electron chi connectivity index (χ0n) is 13.3. The Kier molecular flexibility index (Phi) is 5.88. The van der Waals surface area contributed by atoms with Crippen LogP contribution in [-0.4, -0.2) is 27.4 Å².